The van der Waals surface area contributed by atoms with Crippen LogP contribution >= 0.6 is 0 Å². The van der Waals surface area contributed by atoms with Crippen molar-refractivity contribution in [3.8, 4) is 0 Å². The normalized spacial score (nSPS) is 11.3. The Hall–Kier alpha value is -1.40. The molecule has 0 saturated carbocycles. The molecule has 1 amide bonds. The molecule has 0 fully saturated rings. The van der Waals surface area contributed by atoms with Crippen molar-refractivity contribution < 1.29 is 18.3 Å². The van der Waals surface area contributed by atoms with E-state index in [4.69, 9.17) is 5.11 Å². The van der Waals surface area contributed by atoms with Gasteiger partial charge in [-0.15, -0.1) is 0 Å². The Morgan fingerprint density at radius 1 is 1.25 bits per heavy atom. The van der Waals surface area contributed by atoms with Crippen molar-refractivity contribution in [2.75, 3.05) is 25.4 Å². The molecule has 0 atom stereocenters. The molecule has 1 aromatic carbocycles. The van der Waals surface area contributed by atoms with E-state index in [0.717, 1.165) is 0 Å². The molecular formula is C14H21NO4S. The van der Waals surface area contributed by atoms with Crippen molar-refractivity contribution in [2.45, 2.75) is 25.2 Å². The van der Waals surface area contributed by atoms with E-state index in [0.29, 0.717) is 19.5 Å². The molecule has 6 heteroatoms. The lowest BCUT2D eigenvalue weighted by molar-refractivity contribution is 0.0750. The molecule has 5 nitrogen and oxygen atoms in total. The summed E-state index contributed by atoms with van der Waals surface area (Å²) < 4.78 is 24.1. The van der Waals surface area contributed by atoms with Gasteiger partial charge < -0.3 is 10.0 Å². The molecule has 0 unspecified atom stereocenters. The fourth-order valence-electron chi connectivity index (χ4n) is 1.91. The van der Waals surface area contributed by atoms with Crippen LogP contribution in [0.5, 0.6) is 0 Å². The second-order valence-electron chi connectivity index (χ2n) is 4.36. The van der Waals surface area contributed by atoms with Gasteiger partial charge in [-0.25, -0.2) is 8.42 Å². The van der Waals surface area contributed by atoms with E-state index in [2.05, 4.69) is 0 Å². The zero-order valence-electron chi connectivity index (χ0n) is 11.9. The maximum absolute atomic E-state index is 12.4. The highest BCUT2D eigenvalue weighted by Gasteiger charge is 2.23. The molecule has 0 bridgehead atoms. The van der Waals surface area contributed by atoms with E-state index in [1.54, 1.807) is 24.0 Å². The van der Waals surface area contributed by atoms with Gasteiger partial charge in [-0.05, 0) is 25.5 Å². The molecule has 20 heavy (non-hydrogen) atoms. The quantitative estimate of drug-likeness (QED) is 0.824. The molecule has 0 aliphatic rings. The molecule has 0 radical (unpaired) electrons. The summed E-state index contributed by atoms with van der Waals surface area (Å²) in [7, 11) is -3.43. The van der Waals surface area contributed by atoms with Crippen LogP contribution in [0.15, 0.2) is 29.2 Å². The van der Waals surface area contributed by atoms with Gasteiger partial charge in [0, 0.05) is 19.7 Å². The largest absolute Gasteiger partial charge is 0.396 e. The number of hydrogen-bond acceptors (Lipinski definition) is 4. The van der Waals surface area contributed by atoms with Crippen LogP contribution in [0.1, 0.15) is 30.6 Å². The minimum absolute atomic E-state index is 0.00130. The summed E-state index contributed by atoms with van der Waals surface area (Å²) in [6.07, 6.45) is 0.474. The van der Waals surface area contributed by atoms with Crippen molar-refractivity contribution in [1.82, 2.24) is 4.90 Å². The summed E-state index contributed by atoms with van der Waals surface area (Å²) in [4.78, 5) is 14.1. The number of carbonyl (C=O) groups is 1. The lowest BCUT2D eigenvalue weighted by Gasteiger charge is -2.21. The summed E-state index contributed by atoms with van der Waals surface area (Å²) in [5, 5.41) is 8.85. The number of benzene rings is 1. The van der Waals surface area contributed by atoms with Crippen LogP contribution in [-0.4, -0.2) is 49.8 Å². The Labute approximate surface area is 120 Å². The maximum atomic E-state index is 12.4. The topological polar surface area (TPSA) is 74.7 Å². The van der Waals surface area contributed by atoms with Crippen LogP contribution in [0.4, 0.5) is 0 Å². The van der Waals surface area contributed by atoms with Gasteiger partial charge >= 0.3 is 0 Å². The predicted molar refractivity (Wildman–Crippen MR) is 77.4 cm³/mol. The number of hydrogen-bond donors (Lipinski definition) is 1. The number of carbonyl (C=O) groups excluding carboxylic acids is 1. The van der Waals surface area contributed by atoms with Gasteiger partial charge in [0.15, 0.2) is 9.84 Å². The van der Waals surface area contributed by atoms with Crippen molar-refractivity contribution in [1.29, 1.82) is 0 Å². The van der Waals surface area contributed by atoms with E-state index in [9.17, 15) is 13.2 Å². The zero-order valence-corrected chi connectivity index (χ0v) is 12.7. The maximum Gasteiger partial charge on any atom is 0.255 e. The van der Waals surface area contributed by atoms with Crippen molar-refractivity contribution in [3.63, 3.8) is 0 Å². The first kappa shape index (κ1) is 16.7. The number of sulfone groups is 1. The summed E-state index contributed by atoms with van der Waals surface area (Å²) in [5.74, 6) is -0.353. The summed E-state index contributed by atoms with van der Waals surface area (Å²) in [6, 6.07) is 6.27. The highest BCUT2D eigenvalue weighted by molar-refractivity contribution is 7.91. The zero-order chi connectivity index (χ0) is 15.2. The first-order valence-corrected chi connectivity index (χ1v) is 8.35. The average molecular weight is 299 g/mol. The third kappa shape index (κ3) is 3.80. The average Bonchev–Trinajstić information content (AvgIpc) is 2.47. The lowest BCUT2D eigenvalue weighted by Crippen LogP contribution is -2.33. The first-order valence-electron chi connectivity index (χ1n) is 6.69. The van der Waals surface area contributed by atoms with Gasteiger partial charge in [0.25, 0.3) is 5.91 Å². The standard InChI is InChI=1S/C14H21NO4S/c1-3-15(10-7-11-16)14(17)12-8-5-6-9-13(12)20(18,19)4-2/h5-6,8-9,16H,3-4,7,10-11H2,1-2H3. The smallest absolute Gasteiger partial charge is 0.255 e. The van der Waals surface area contributed by atoms with Crippen LogP contribution in [0.25, 0.3) is 0 Å². The van der Waals surface area contributed by atoms with Gasteiger partial charge in [-0.3, -0.25) is 4.79 Å². The van der Waals surface area contributed by atoms with Gasteiger partial charge in [-0.1, -0.05) is 19.1 Å². The van der Waals surface area contributed by atoms with E-state index in [1.165, 1.54) is 12.1 Å². The highest BCUT2D eigenvalue weighted by Crippen LogP contribution is 2.19. The fourth-order valence-corrected chi connectivity index (χ4v) is 2.99. The molecule has 0 heterocycles. The number of nitrogens with zero attached hydrogens (tertiary/aromatic N) is 1. The van der Waals surface area contributed by atoms with E-state index in [1.807, 2.05) is 6.92 Å². The van der Waals surface area contributed by atoms with Gasteiger partial charge in [-0.2, -0.15) is 0 Å². The van der Waals surface area contributed by atoms with Gasteiger partial charge in [0.05, 0.1) is 16.2 Å². The minimum Gasteiger partial charge on any atom is -0.396 e. The molecule has 1 rings (SSSR count). The van der Waals surface area contributed by atoms with Crippen LogP contribution in [0, 0.1) is 0 Å². The summed E-state index contributed by atoms with van der Waals surface area (Å²) in [6.45, 7) is 4.26. The van der Waals surface area contributed by atoms with Crippen molar-refractivity contribution >= 4 is 15.7 Å². The molecule has 0 aromatic heterocycles. The molecule has 1 aromatic rings. The van der Waals surface area contributed by atoms with Crippen LogP contribution < -0.4 is 0 Å². The second kappa shape index (κ2) is 7.40. The number of aliphatic hydroxyl groups is 1. The highest BCUT2D eigenvalue weighted by atomic mass is 32.2. The van der Waals surface area contributed by atoms with Crippen molar-refractivity contribution in [3.05, 3.63) is 29.8 Å². The van der Waals surface area contributed by atoms with Gasteiger partial charge in [0.2, 0.25) is 0 Å². The van der Waals surface area contributed by atoms with Crippen LogP contribution in [-0.2, 0) is 9.84 Å². The summed E-state index contributed by atoms with van der Waals surface area (Å²) in [5.41, 5.74) is 0.203. The SMILES string of the molecule is CCN(CCCO)C(=O)c1ccccc1S(=O)(=O)CC. The van der Waals surface area contributed by atoms with Crippen molar-refractivity contribution in [2.24, 2.45) is 0 Å². The Balaban J connectivity index is 3.16. The van der Waals surface area contributed by atoms with Crippen LogP contribution in [0.3, 0.4) is 0 Å². The predicted octanol–water partition coefficient (Wildman–Crippen LogP) is 1.32. The molecule has 0 aliphatic heterocycles. The monoisotopic (exact) mass is 299 g/mol. The van der Waals surface area contributed by atoms with Gasteiger partial charge in [0.1, 0.15) is 0 Å². The number of aliphatic hydroxyl groups excluding tert-OH is 1. The molecule has 112 valence electrons. The molecular weight excluding hydrogens is 278 g/mol. The molecule has 0 saturated heterocycles. The Kier molecular flexibility index (Phi) is 6.16. The Morgan fingerprint density at radius 2 is 1.90 bits per heavy atom. The van der Waals surface area contributed by atoms with E-state index >= 15 is 0 Å². The number of amides is 1. The first-order chi connectivity index (χ1) is 9.47. The molecule has 1 N–H and O–H groups in total. The Bertz CT molecular complexity index is 554. The number of rotatable bonds is 7. The third-order valence-corrected chi connectivity index (χ3v) is 4.87. The third-order valence-electron chi connectivity index (χ3n) is 3.09. The lowest BCUT2D eigenvalue weighted by atomic mass is 10.2. The second-order valence-corrected chi connectivity index (χ2v) is 6.61. The fraction of sp³-hybridized carbons (Fsp3) is 0.500. The van der Waals surface area contributed by atoms with E-state index in [-0.39, 0.29) is 28.7 Å². The summed E-state index contributed by atoms with van der Waals surface area (Å²) >= 11 is 0. The minimum atomic E-state index is -3.43. The molecule has 0 aliphatic carbocycles. The van der Waals surface area contributed by atoms with E-state index < -0.39 is 9.84 Å². The van der Waals surface area contributed by atoms with Crippen LogP contribution in [0.2, 0.25) is 0 Å². The molecule has 0 spiro atoms. The Morgan fingerprint density at radius 3 is 2.45 bits per heavy atom.